The van der Waals surface area contributed by atoms with Gasteiger partial charge in [-0.25, -0.2) is 0 Å². The van der Waals surface area contributed by atoms with Crippen LogP contribution in [-0.4, -0.2) is 18.5 Å². The van der Waals surface area contributed by atoms with Crippen LogP contribution in [0, 0.1) is 6.92 Å². The van der Waals surface area contributed by atoms with E-state index in [1.807, 2.05) is 12.1 Å². The molecule has 0 aliphatic carbocycles. The van der Waals surface area contributed by atoms with E-state index in [-0.39, 0.29) is 11.9 Å². The molecule has 1 aromatic rings. The number of para-hydroxylation sites is 1. The van der Waals surface area contributed by atoms with E-state index in [4.69, 9.17) is 0 Å². The maximum Gasteiger partial charge on any atom is 0.247 e. The minimum atomic E-state index is 0.0681. The summed E-state index contributed by atoms with van der Waals surface area (Å²) in [6.07, 6.45) is 2.10. The Morgan fingerprint density at radius 3 is 3.20 bits per heavy atom. The predicted molar refractivity (Wildman–Crippen MR) is 60.2 cm³/mol. The Morgan fingerprint density at radius 2 is 2.33 bits per heavy atom. The summed E-state index contributed by atoms with van der Waals surface area (Å²) in [5.41, 5.74) is 3.44. The quantitative estimate of drug-likeness (QED) is 0.697. The first-order chi connectivity index (χ1) is 7.27. The standard InChI is InChI=1S/C12H14N2O/c1-8-4-2-5-9-11(8)14-7-3-6-10(14)12(15)13-9/h2,4-5,10H,3,6-7H2,1H3,(H,13,15). The van der Waals surface area contributed by atoms with Crippen molar-refractivity contribution in [3.63, 3.8) is 0 Å². The third kappa shape index (κ3) is 1.16. The summed E-state index contributed by atoms with van der Waals surface area (Å²) in [4.78, 5) is 14.1. The average Bonchev–Trinajstić information content (AvgIpc) is 2.66. The van der Waals surface area contributed by atoms with Gasteiger partial charge in [-0.1, -0.05) is 12.1 Å². The van der Waals surface area contributed by atoms with Gasteiger partial charge in [0.2, 0.25) is 5.91 Å². The molecule has 2 heterocycles. The average molecular weight is 202 g/mol. The fourth-order valence-electron chi connectivity index (χ4n) is 2.66. The van der Waals surface area contributed by atoms with Crippen LogP contribution in [-0.2, 0) is 4.79 Å². The third-order valence-corrected chi connectivity index (χ3v) is 3.34. The van der Waals surface area contributed by atoms with Crippen LogP contribution in [0.15, 0.2) is 18.2 Å². The number of benzene rings is 1. The summed E-state index contributed by atoms with van der Waals surface area (Å²) < 4.78 is 0. The summed E-state index contributed by atoms with van der Waals surface area (Å²) >= 11 is 0. The zero-order valence-electron chi connectivity index (χ0n) is 8.79. The van der Waals surface area contributed by atoms with Gasteiger partial charge in [0.05, 0.1) is 11.4 Å². The second-order valence-electron chi connectivity index (χ2n) is 4.31. The molecule has 3 heteroatoms. The van der Waals surface area contributed by atoms with E-state index in [1.54, 1.807) is 0 Å². The van der Waals surface area contributed by atoms with Crippen LogP contribution < -0.4 is 10.2 Å². The summed E-state index contributed by atoms with van der Waals surface area (Å²) in [7, 11) is 0. The predicted octanol–water partition coefficient (Wildman–Crippen LogP) is 1.92. The molecule has 3 rings (SSSR count). The number of carbonyl (C=O) groups excluding carboxylic acids is 1. The molecule has 1 unspecified atom stereocenters. The molecule has 1 saturated heterocycles. The Kier molecular flexibility index (Phi) is 1.75. The highest BCUT2D eigenvalue weighted by Gasteiger charge is 2.36. The van der Waals surface area contributed by atoms with Gasteiger partial charge in [-0.05, 0) is 31.4 Å². The van der Waals surface area contributed by atoms with Crippen LogP contribution in [0.2, 0.25) is 0 Å². The lowest BCUT2D eigenvalue weighted by Gasteiger charge is -2.34. The van der Waals surface area contributed by atoms with Crippen molar-refractivity contribution in [2.24, 2.45) is 0 Å². The Bertz CT molecular complexity index is 428. The molecule has 3 nitrogen and oxygen atoms in total. The number of carbonyl (C=O) groups is 1. The molecule has 2 aliphatic heterocycles. The zero-order chi connectivity index (χ0) is 10.4. The Morgan fingerprint density at radius 1 is 1.47 bits per heavy atom. The van der Waals surface area contributed by atoms with Crippen LogP contribution >= 0.6 is 0 Å². The zero-order valence-corrected chi connectivity index (χ0v) is 8.79. The first-order valence-corrected chi connectivity index (χ1v) is 5.44. The number of anilines is 2. The second-order valence-corrected chi connectivity index (χ2v) is 4.31. The minimum Gasteiger partial charge on any atom is -0.358 e. The van der Waals surface area contributed by atoms with Gasteiger partial charge in [0.25, 0.3) is 0 Å². The van der Waals surface area contributed by atoms with E-state index < -0.39 is 0 Å². The molecule has 1 amide bonds. The lowest BCUT2D eigenvalue weighted by molar-refractivity contribution is -0.117. The minimum absolute atomic E-state index is 0.0681. The molecule has 78 valence electrons. The molecule has 1 fully saturated rings. The Hall–Kier alpha value is -1.51. The first-order valence-electron chi connectivity index (χ1n) is 5.44. The lowest BCUT2D eigenvalue weighted by Crippen LogP contribution is -2.44. The van der Waals surface area contributed by atoms with Crippen molar-refractivity contribution in [2.45, 2.75) is 25.8 Å². The molecule has 1 aromatic carbocycles. The van der Waals surface area contributed by atoms with Gasteiger partial charge in [-0.15, -0.1) is 0 Å². The van der Waals surface area contributed by atoms with Gasteiger partial charge >= 0.3 is 0 Å². The molecular weight excluding hydrogens is 188 g/mol. The van der Waals surface area contributed by atoms with Crippen LogP contribution in [0.3, 0.4) is 0 Å². The molecule has 15 heavy (non-hydrogen) atoms. The van der Waals surface area contributed by atoms with Gasteiger partial charge in [-0.3, -0.25) is 4.79 Å². The van der Waals surface area contributed by atoms with Crippen molar-refractivity contribution < 1.29 is 4.79 Å². The monoisotopic (exact) mass is 202 g/mol. The number of aryl methyl sites for hydroxylation is 1. The SMILES string of the molecule is Cc1cccc2c1N1CCCC1C(=O)N2. The molecular formula is C12H14N2O. The number of amides is 1. The van der Waals surface area contributed by atoms with E-state index in [0.717, 1.165) is 25.1 Å². The molecule has 0 aromatic heterocycles. The molecule has 2 aliphatic rings. The molecule has 0 spiro atoms. The lowest BCUT2D eigenvalue weighted by atomic mass is 10.1. The number of hydrogen-bond acceptors (Lipinski definition) is 2. The fourth-order valence-corrected chi connectivity index (χ4v) is 2.66. The van der Waals surface area contributed by atoms with Crippen LogP contribution in [0.4, 0.5) is 11.4 Å². The van der Waals surface area contributed by atoms with E-state index in [1.165, 1.54) is 11.3 Å². The van der Waals surface area contributed by atoms with Crippen LogP contribution in [0.25, 0.3) is 0 Å². The molecule has 0 bridgehead atoms. The Labute approximate surface area is 89.1 Å². The largest absolute Gasteiger partial charge is 0.358 e. The van der Waals surface area contributed by atoms with Crippen LogP contribution in [0.5, 0.6) is 0 Å². The normalized spacial score (nSPS) is 23.4. The van der Waals surface area contributed by atoms with Gasteiger partial charge in [0.15, 0.2) is 0 Å². The number of nitrogens with one attached hydrogen (secondary N) is 1. The third-order valence-electron chi connectivity index (χ3n) is 3.34. The highest BCUT2D eigenvalue weighted by molar-refractivity contribution is 6.04. The molecule has 1 atom stereocenters. The maximum absolute atomic E-state index is 11.8. The molecule has 0 saturated carbocycles. The van der Waals surface area contributed by atoms with E-state index in [9.17, 15) is 4.79 Å². The van der Waals surface area contributed by atoms with E-state index in [2.05, 4.69) is 23.2 Å². The smallest absolute Gasteiger partial charge is 0.247 e. The highest BCUT2D eigenvalue weighted by atomic mass is 16.2. The van der Waals surface area contributed by atoms with Crippen molar-refractivity contribution in [3.8, 4) is 0 Å². The second kappa shape index (κ2) is 2.99. The van der Waals surface area contributed by atoms with Crippen molar-refractivity contribution in [2.75, 3.05) is 16.8 Å². The first kappa shape index (κ1) is 8.77. The highest BCUT2D eigenvalue weighted by Crippen LogP contribution is 2.38. The fraction of sp³-hybridized carbons (Fsp3) is 0.417. The van der Waals surface area contributed by atoms with Crippen molar-refractivity contribution in [1.82, 2.24) is 0 Å². The number of hydrogen-bond donors (Lipinski definition) is 1. The van der Waals surface area contributed by atoms with Crippen molar-refractivity contribution in [3.05, 3.63) is 23.8 Å². The van der Waals surface area contributed by atoms with Crippen molar-refractivity contribution >= 4 is 17.3 Å². The summed E-state index contributed by atoms with van der Waals surface area (Å²) in [5, 5.41) is 2.99. The maximum atomic E-state index is 11.8. The van der Waals surface area contributed by atoms with E-state index >= 15 is 0 Å². The number of nitrogens with zero attached hydrogens (tertiary/aromatic N) is 1. The van der Waals surface area contributed by atoms with Gasteiger partial charge in [0.1, 0.15) is 6.04 Å². The van der Waals surface area contributed by atoms with Gasteiger partial charge < -0.3 is 10.2 Å². The molecule has 0 radical (unpaired) electrons. The van der Waals surface area contributed by atoms with Gasteiger partial charge in [0, 0.05) is 6.54 Å². The summed E-state index contributed by atoms with van der Waals surface area (Å²) in [6.45, 7) is 3.11. The topological polar surface area (TPSA) is 32.3 Å². The van der Waals surface area contributed by atoms with Crippen LogP contribution in [0.1, 0.15) is 18.4 Å². The van der Waals surface area contributed by atoms with Gasteiger partial charge in [-0.2, -0.15) is 0 Å². The number of rotatable bonds is 0. The summed E-state index contributed by atoms with van der Waals surface area (Å²) in [5.74, 6) is 0.158. The summed E-state index contributed by atoms with van der Waals surface area (Å²) in [6, 6.07) is 6.14. The van der Waals surface area contributed by atoms with E-state index in [0.29, 0.717) is 0 Å². The molecule has 1 N–H and O–H groups in total. The Balaban J connectivity index is 2.16. The number of fused-ring (bicyclic) bond motifs is 3. The van der Waals surface area contributed by atoms with Crippen molar-refractivity contribution in [1.29, 1.82) is 0 Å².